The number of fused-ring (bicyclic) bond motifs is 1. The third-order valence-electron chi connectivity index (χ3n) is 7.41. The molecule has 0 spiro atoms. The van der Waals surface area contributed by atoms with E-state index in [-0.39, 0.29) is 36.6 Å². The molecule has 8 nitrogen and oxygen atoms in total. The summed E-state index contributed by atoms with van der Waals surface area (Å²) in [4.78, 5) is 48.8. The topological polar surface area (TPSA) is 103 Å². The van der Waals surface area contributed by atoms with E-state index in [1.165, 1.54) is 4.90 Å². The number of aliphatic hydroxyl groups is 1. The van der Waals surface area contributed by atoms with Gasteiger partial charge in [0.2, 0.25) is 11.8 Å². The van der Waals surface area contributed by atoms with Gasteiger partial charge < -0.3 is 20.2 Å². The SMILES string of the molecule is Cc1ncsc1-c1ccc(CNC(=O)[C@@H]2C[C@@H](O)CN2C(=O)[C@H](C(C)C)N2Cc3cc(Br)ccc3C2=O)cc1. The van der Waals surface area contributed by atoms with Crippen molar-refractivity contribution >= 4 is 45.0 Å². The third kappa shape index (κ3) is 5.50. The molecule has 3 atom stereocenters. The lowest BCUT2D eigenvalue weighted by Crippen LogP contribution is -2.55. The summed E-state index contributed by atoms with van der Waals surface area (Å²) in [6.45, 7) is 6.46. The Morgan fingerprint density at radius 2 is 1.95 bits per heavy atom. The number of nitrogens with one attached hydrogen (secondary N) is 1. The van der Waals surface area contributed by atoms with Crippen LogP contribution >= 0.6 is 27.3 Å². The van der Waals surface area contributed by atoms with Crippen molar-refractivity contribution in [2.75, 3.05) is 6.54 Å². The second-order valence-electron chi connectivity index (χ2n) is 10.5. The van der Waals surface area contributed by atoms with E-state index in [1.54, 1.807) is 22.3 Å². The van der Waals surface area contributed by atoms with Crippen LogP contribution in [0.15, 0.2) is 52.4 Å². The van der Waals surface area contributed by atoms with Gasteiger partial charge in [-0.1, -0.05) is 54.0 Å². The normalized spacial score (nSPS) is 19.5. The van der Waals surface area contributed by atoms with Crippen molar-refractivity contribution < 1.29 is 19.5 Å². The van der Waals surface area contributed by atoms with Gasteiger partial charge >= 0.3 is 0 Å². The number of aryl methyl sites for hydroxylation is 1. The molecular formula is C29H31BrN4O4S. The van der Waals surface area contributed by atoms with E-state index >= 15 is 0 Å². The molecule has 0 bridgehead atoms. The third-order valence-corrected chi connectivity index (χ3v) is 8.88. The highest BCUT2D eigenvalue weighted by Gasteiger charge is 2.45. The summed E-state index contributed by atoms with van der Waals surface area (Å²) in [6.07, 6.45) is -0.644. The summed E-state index contributed by atoms with van der Waals surface area (Å²) in [6, 6.07) is 11.9. The molecule has 3 heterocycles. The average molecular weight is 612 g/mol. The van der Waals surface area contributed by atoms with Gasteiger partial charge in [-0.15, -0.1) is 11.3 Å². The minimum Gasteiger partial charge on any atom is -0.391 e. The highest BCUT2D eigenvalue weighted by Crippen LogP contribution is 2.32. The van der Waals surface area contributed by atoms with Gasteiger partial charge in [0, 0.05) is 36.1 Å². The van der Waals surface area contributed by atoms with Gasteiger partial charge in [-0.25, -0.2) is 4.98 Å². The standard InChI is InChI=1S/C29H31BrN4O4S/c1-16(2)25(34-13-20-10-21(30)8-9-23(20)28(34)37)29(38)33-14-22(35)11-24(33)27(36)31-12-18-4-6-19(7-5-18)26-17(3)32-15-39-26/h4-10,15-16,22,24-25,35H,11-14H2,1-3H3,(H,31,36)/t22-,24+,25+/m1/s1. The van der Waals surface area contributed by atoms with E-state index in [9.17, 15) is 19.5 Å². The Labute approximate surface area is 240 Å². The van der Waals surface area contributed by atoms with Crippen LogP contribution < -0.4 is 5.32 Å². The Kier molecular flexibility index (Phi) is 7.89. The summed E-state index contributed by atoms with van der Waals surface area (Å²) in [5.41, 5.74) is 6.26. The lowest BCUT2D eigenvalue weighted by molar-refractivity contribution is -0.143. The highest BCUT2D eigenvalue weighted by molar-refractivity contribution is 9.10. The minimum atomic E-state index is -0.804. The molecule has 2 N–H and O–H groups in total. The van der Waals surface area contributed by atoms with E-state index in [0.29, 0.717) is 18.7 Å². The molecule has 2 aliphatic rings. The smallest absolute Gasteiger partial charge is 0.255 e. The molecule has 39 heavy (non-hydrogen) atoms. The van der Waals surface area contributed by atoms with Gasteiger partial charge in [0.25, 0.3) is 5.91 Å². The summed E-state index contributed by atoms with van der Waals surface area (Å²) in [7, 11) is 0. The highest BCUT2D eigenvalue weighted by atomic mass is 79.9. The van der Waals surface area contributed by atoms with Crippen molar-refractivity contribution in [2.24, 2.45) is 5.92 Å². The zero-order valence-electron chi connectivity index (χ0n) is 22.1. The molecule has 2 aliphatic heterocycles. The first kappa shape index (κ1) is 27.5. The van der Waals surface area contributed by atoms with Crippen LogP contribution in [-0.2, 0) is 22.7 Å². The monoisotopic (exact) mass is 610 g/mol. The second-order valence-corrected chi connectivity index (χ2v) is 12.3. The first-order valence-corrected chi connectivity index (χ1v) is 14.7. The van der Waals surface area contributed by atoms with Gasteiger partial charge in [0.15, 0.2) is 0 Å². The molecule has 0 radical (unpaired) electrons. The zero-order valence-corrected chi connectivity index (χ0v) is 24.5. The first-order valence-electron chi connectivity index (χ1n) is 13.0. The Morgan fingerprint density at radius 3 is 2.62 bits per heavy atom. The number of hydrogen-bond donors (Lipinski definition) is 2. The van der Waals surface area contributed by atoms with E-state index in [0.717, 1.165) is 31.7 Å². The number of carbonyl (C=O) groups excluding carboxylic acids is 3. The number of halogens is 1. The van der Waals surface area contributed by atoms with Crippen molar-refractivity contribution in [2.45, 2.75) is 58.5 Å². The molecular weight excluding hydrogens is 580 g/mol. The number of benzene rings is 2. The average Bonchev–Trinajstić information content (AvgIpc) is 3.59. The van der Waals surface area contributed by atoms with Crippen molar-refractivity contribution in [1.29, 1.82) is 0 Å². The fourth-order valence-corrected chi connectivity index (χ4v) is 6.67. The second kappa shape index (κ2) is 11.2. The molecule has 1 aromatic heterocycles. The van der Waals surface area contributed by atoms with Crippen LogP contribution in [0.3, 0.4) is 0 Å². The van der Waals surface area contributed by atoms with Crippen LogP contribution in [0, 0.1) is 12.8 Å². The maximum absolute atomic E-state index is 13.9. The number of nitrogens with zero attached hydrogens (tertiary/aromatic N) is 3. The van der Waals surface area contributed by atoms with Crippen molar-refractivity contribution in [1.82, 2.24) is 20.1 Å². The van der Waals surface area contributed by atoms with E-state index in [4.69, 9.17) is 0 Å². The molecule has 0 saturated carbocycles. The molecule has 3 amide bonds. The van der Waals surface area contributed by atoms with Crippen molar-refractivity contribution in [3.63, 3.8) is 0 Å². The van der Waals surface area contributed by atoms with E-state index < -0.39 is 18.2 Å². The van der Waals surface area contributed by atoms with Gasteiger partial charge in [-0.05, 0) is 47.7 Å². The molecule has 5 rings (SSSR count). The number of amides is 3. The maximum Gasteiger partial charge on any atom is 0.255 e. The molecule has 1 fully saturated rings. The first-order chi connectivity index (χ1) is 18.6. The van der Waals surface area contributed by atoms with Crippen LogP contribution in [0.1, 0.15) is 47.4 Å². The fourth-order valence-electron chi connectivity index (χ4n) is 5.45. The molecule has 0 unspecified atom stereocenters. The maximum atomic E-state index is 13.9. The zero-order chi connectivity index (χ0) is 27.8. The van der Waals surface area contributed by atoms with Crippen molar-refractivity contribution in [3.05, 3.63) is 74.8 Å². The lowest BCUT2D eigenvalue weighted by atomic mass is 10.0. The van der Waals surface area contributed by atoms with Crippen LogP contribution in [0.2, 0.25) is 0 Å². The number of likely N-dealkylation sites (tertiary alicyclic amines) is 1. The predicted octanol–water partition coefficient (Wildman–Crippen LogP) is 4.14. The number of hydrogen-bond acceptors (Lipinski definition) is 6. The molecule has 0 aliphatic carbocycles. The summed E-state index contributed by atoms with van der Waals surface area (Å²) in [5, 5.41) is 13.4. The summed E-state index contributed by atoms with van der Waals surface area (Å²) < 4.78 is 0.871. The van der Waals surface area contributed by atoms with E-state index in [1.807, 2.05) is 62.7 Å². The van der Waals surface area contributed by atoms with Crippen LogP contribution in [0.25, 0.3) is 10.4 Å². The molecule has 1 saturated heterocycles. The Bertz CT molecular complexity index is 1410. The summed E-state index contributed by atoms with van der Waals surface area (Å²) in [5.74, 6) is -1.00. The number of β-amino-alcohol motifs (C(OH)–C–C–N with tert-alkyl or cyclic N) is 1. The Hall–Kier alpha value is -3.08. The molecule has 2 aromatic carbocycles. The number of aliphatic hydroxyl groups excluding tert-OH is 1. The largest absolute Gasteiger partial charge is 0.391 e. The molecule has 3 aromatic rings. The van der Waals surface area contributed by atoms with Gasteiger partial charge in [0.1, 0.15) is 12.1 Å². The minimum absolute atomic E-state index is 0.0591. The van der Waals surface area contributed by atoms with E-state index in [2.05, 4.69) is 26.2 Å². The van der Waals surface area contributed by atoms with Crippen LogP contribution in [0.4, 0.5) is 0 Å². The Morgan fingerprint density at radius 1 is 1.21 bits per heavy atom. The van der Waals surface area contributed by atoms with Crippen LogP contribution in [0.5, 0.6) is 0 Å². The fraction of sp³-hybridized carbons (Fsp3) is 0.379. The number of thiazole rings is 1. The number of aromatic nitrogens is 1. The predicted molar refractivity (Wildman–Crippen MR) is 153 cm³/mol. The number of carbonyl (C=O) groups is 3. The number of rotatable bonds is 7. The molecule has 10 heteroatoms. The van der Waals surface area contributed by atoms with Gasteiger partial charge in [-0.2, -0.15) is 0 Å². The summed E-state index contributed by atoms with van der Waals surface area (Å²) >= 11 is 5.04. The quantitative estimate of drug-likeness (QED) is 0.418. The lowest BCUT2D eigenvalue weighted by Gasteiger charge is -2.35. The van der Waals surface area contributed by atoms with Crippen molar-refractivity contribution in [3.8, 4) is 10.4 Å². The van der Waals surface area contributed by atoms with Crippen LogP contribution in [-0.4, -0.2) is 62.3 Å². The van der Waals surface area contributed by atoms with Gasteiger partial charge in [0.05, 0.1) is 22.2 Å². The Balaban J connectivity index is 1.28. The van der Waals surface area contributed by atoms with Gasteiger partial charge in [-0.3, -0.25) is 14.4 Å². The molecule has 204 valence electrons.